The largest absolute Gasteiger partial charge is 0.496 e. The molecule has 0 atom stereocenters. The van der Waals surface area contributed by atoms with Crippen molar-refractivity contribution >= 4 is 17.3 Å². The van der Waals surface area contributed by atoms with E-state index in [-0.39, 0.29) is 18.0 Å². The van der Waals surface area contributed by atoms with Gasteiger partial charge >= 0.3 is 0 Å². The second-order valence-corrected chi connectivity index (χ2v) is 6.15. The lowest BCUT2D eigenvalue weighted by molar-refractivity contribution is -0.384. The Hall–Kier alpha value is -3.09. The Morgan fingerprint density at radius 3 is 2.46 bits per heavy atom. The van der Waals surface area contributed by atoms with Crippen molar-refractivity contribution in [3.8, 4) is 11.5 Å². The fourth-order valence-corrected chi connectivity index (χ4v) is 2.62. The molecule has 0 heterocycles. The van der Waals surface area contributed by atoms with Crippen LogP contribution >= 0.6 is 0 Å². The van der Waals surface area contributed by atoms with Crippen LogP contribution < -0.4 is 14.8 Å². The molecule has 2 aromatic rings. The smallest absolute Gasteiger partial charge is 0.296 e. The van der Waals surface area contributed by atoms with Gasteiger partial charge in [-0.15, -0.1) is 0 Å². The van der Waals surface area contributed by atoms with Gasteiger partial charge in [-0.2, -0.15) is 0 Å². The Labute approximate surface area is 152 Å². The number of hydrogen-bond acceptors (Lipinski definition) is 5. The maximum atomic E-state index is 12.1. The molecular weight excluding hydrogens is 336 g/mol. The van der Waals surface area contributed by atoms with Crippen LogP contribution in [-0.2, 0) is 4.79 Å². The van der Waals surface area contributed by atoms with Crippen molar-refractivity contribution in [1.82, 2.24) is 0 Å². The van der Waals surface area contributed by atoms with Crippen molar-refractivity contribution in [2.75, 3.05) is 19.0 Å². The number of rotatable bonds is 7. The molecule has 26 heavy (non-hydrogen) atoms. The van der Waals surface area contributed by atoms with Crippen LogP contribution in [0, 0.1) is 17.0 Å². The van der Waals surface area contributed by atoms with Crippen molar-refractivity contribution in [1.29, 1.82) is 0 Å². The lowest BCUT2D eigenvalue weighted by Gasteiger charge is -2.12. The van der Waals surface area contributed by atoms with Gasteiger partial charge in [-0.3, -0.25) is 14.9 Å². The zero-order chi connectivity index (χ0) is 19.3. The molecule has 0 aliphatic rings. The van der Waals surface area contributed by atoms with Crippen molar-refractivity contribution in [3.63, 3.8) is 0 Å². The molecule has 2 rings (SSSR count). The summed E-state index contributed by atoms with van der Waals surface area (Å²) in [4.78, 5) is 22.7. The van der Waals surface area contributed by atoms with Crippen LogP contribution in [0.5, 0.6) is 11.5 Å². The number of nitro benzene ring substituents is 1. The molecule has 0 fully saturated rings. The second kappa shape index (κ2) is 8.33. The van der Waals surface area contributed by atoms with Crippen LogP contribution in [0.1, 0.15) is 30.9 Å². The number of hydrogen-bond donors (Lipinski definition) is 1. The molecular formula is C19H22N2O5. The van der Waals surface area contributed by atoms with Gasteiger partial charge in [0.1, 0.15) is 17.2 Å². The molecule has 0 radical (unpaired) electrons. The quantitative estimate of drug-likeness (QED) is 0.595. The highest BCUT2D eigenvalue weighted by molar-refractivity contribution is 5.94. The number of carbonyl (C=O) groups is 1. The van der Waals surface area contributed by atoms with E-state index >= 15 is 0 Å². The van der Waals surface area contributed by atoms with Gasteiger partial charge in [0.25, 0.3) is 11.6 Å². The third-order valence-corrected chi connectivity index (χ3v) is 3.91. The van der Waals surface area contributed by atoms with Gasteiger partial charge in [0.15, 0.2) is 6.61 Å². The highest BCUT2D eigenvalue weighted by atomic mass is 16.6. The van der Waals surface area contributed by atoms with Crippen molar-refractivity contribution in [2.45, 2.75) is 26.7 Å². The fourth-order valence-electron chi connectivity index (χ4n) is 2.62. The van der Waals surface area contributed by atoms with Gasteiger partial charge in [-0.25, -0.2) is 0 Å². The monoisotopic (exact) mass is 358 g/mol. The van der Waals surface area contributed by atoms with Crippen molar-refractivity contribution < 1.29 is 19.2 Å². The number of aryl methyl sites for hydroxylation is 1. The first-order chi connectivity index (χ1) is 12.3. The molecule has 0 aliphatic carbocycles. The molecule has 0 aliphatic heterocycles. The summed E-state index contributed by atoms with van der Waals surface area (Å²) in [5.74, 6) is 0.838. The minimum absolute atomic E-state index is 0.0933. The molecule has 138 valence electrons. The Bertz CT molecular complexity index is 818. The minimum Gasteiger partial charge on any atom is -0.496 e. The minimum atomic E-state index is -0.576. The van der Waals surface area contributed by atoms with Gasteiger partial charge in [-0.1, -0.05) is 19.9 Å². The zero-order valence-electron chi connectivity index (χ0n) is 15.2. The van der Waals surface area contributed by atoms with Crippen LogP contribution in [0.2, 0.25) is 0 Å². The SMILES string of the molecule is COc1ccc(NC(=O)COc2ccc(C(C)C)c(C)c2)c([N+](=O)[O-])c1. The first kappa shape index (κ1) is 19.2. The third-order valence-electron chi connectivity index (χ3n) is 3.91. The summed E-state index contributed by atoms with van der Waals surface area (Å²) in [5, 5.41) is 13.6. The van der Waals surface area contributed by atoms with E-state index in [0.29, 0.717) is 17.4 Å². The molecule has 1 N–H and O–H groups in total. The lowest BCUT2D eigenvalue weighted by Crippen LogP contribution is -2.20. The highest BCUT2D eigenvalue weighted by Crippen LogP contribution is 2.29. The van der Waals surface area contributed by atoms with E-state index in [9.17, 15) is 14.9 Å². The van der Waals surface area contributed by atoms with Crippen LogP contribution in [0.25, 0.3) is 0 Å². The molecule has 0 saturated heterocycles. The zero-order valence-corrected chi connectivity index (χ0v) is 15.2. The summed E-state index contributed by atoms with van der Waals surface area (Å²) in [5.41, 5.74) is 2.16. The maximum absolute atomic E-state index is 12.1. The number of nitrogens with zero attached hydrogens (tertiary/aromatic N) is 1. The standard InChI is InChI=1S/C19H22N2O5/c1-12(2)16-7-5-15(9-13(16)3)26-11-19(22)20-17-8-6-14(25-4)10-18(17)21(23)24/h5-10,12H,11H2,1-4H3,(H,20,22). The number of ether oxygens (including phenoxy) is 2. The molecule has 1 amide bonds. The number of amides is 1. The van der Waals surface area contributed by atoms with E-state index in [2.05, 4.69) is 19.2 Å². The number of nitrogens with one attached hydrogen (secondary N) is 1. The molecule has 2 aromatic carbocycles. The maximum Gasteiger partial charge on any atom is 0.296 e. The number of anilines is 1. The summed E-state index contributed by atoms with van der Waals surface area (Å²) < 4.78 is 10.5. The number of methoxy groups -OCH3 is 1. The van der Waals surface area contributed by atoms with E-state index < -0.39 is 10.8 Å². The van der Waals surface area contributed by atoms with Gasteiger partial charge in [0.2, 0.25) is 0 Å². The topological polar surface area (TPSA) is 90.7 Å². The highest BCUT2D eigenvalue weighted by Gasteiger charge is 2.17. The van der Waals surface area contributed by atoms with E-state index in [4.69, 9.17) is 9.47 Å². The predicted molar refractivity (Wildman–Crippen MR) is 99.0 cm³/mol. The summed E-state index contributed by atoms with van der Waals surface area (Å²) in [7, 11) is 1.41. The second-order valence-electron chi connectivity index (χ2n) is 6.15. The number of benzene rings is 2. The van der Waals surface area contributed by atoms with Crippen LogP contribution in [0.4, 0.5) is 11.4 Å². The van der Waals surface area contributed by atoms with E-state index in [1.165, 1.54) is 30.9 Å². The van der Waals surface area contributed by atoms with Crippen molar-refractivity contribution in [2.24, 2.45) is 0 Å². The van der Waals surface area contributed by atoms with E-state index in [1.54, 1.807) is 0 Å². The Morgan fingerprint density at radius 1 is 1.19 bits per heavy atom. The average Bonchev–Trinajstić information content (AvgIpc) is 2.59. The van der Waals surface area contributed by atoms with Crippen LogP contribution in [-0.4, -0.2) is 24.5 Å². The Kier molecular flexibility index (Phi) is 6.16. The molecule has 0 saturated carbocycles. The molecule has 0 aromatic heterocycles. The number of nitro groups is 1. The van der Waals surface area contributed by atoms with Crippen molar-refractivity contribution in [3.05, 3.63) is 57.6 Å². The average molecular weight is 358 g/mol. The number of carbonyl (C=O) groups excluding carboxylic acids is 1. The van der Waals surface area contributed by atoms with Crippen LogP contribution in [0.3, 0.4) is 0 Å². The predicted octanol–water partition coefficient (Wildman–Crippen LogP) is 4.05. The Balaban J connectivity index is 2.03. The molecule has 7 nitrogen and oxygen atoms in total. The lowest BCUT2D eigenvalue weighted by atomic mass is 9.98. The fraction of sp³-hybridized carbons (Fsp3) is 0.316. The molecule has 0 bridgehead atoms. The Morgan fingerprint density at radius 2 is 1.88 bits per heavy atom. The molecule has 0 unspecified atom stereocenters. The summed E-state index contributed by atoms with van der Waals surface area (Å²) >= 11 is 0. The summed E-state index contributed by atoms with van der Waals surface area (Å²) in [6, 6.07) is 9.88. The van der Waals surface area contributed by atoms with Crippen LogP contribution in [0.15, 0.2) is 36.4 Å². The van der Waals surface area contributed by atoms with E-state index in [1.807, 2.05) is 25.1 Å². The first-order valence-corrected chi connectivity index (χ1v) is 8.17. The van der Waals surface area contributed by atoms with E-state index in [0.717, 1.165) is 5.56 Å². The first-order valence-electron chi connectivity index (χ1n) is 8.17. The summed E-state index contributed by atoms with van der Waals surface area (Å²) in [6.07, 6.45) is 0. The van der Waals surface area contributed by atoms with Gasteiger partial charge in [0, 0.05) is 0 Å². The molecule has 0 spiro atoms. The normalized spacial score (nSPS) is 10.5. The van der Waals surface area contributed by atoms with Gasteiger partial charge in [0.05, 0.1) is 18.1 Å². The molecule has 7 heteroatoms. The van der Waals surface area contributed by atoms with Gasteiger partial charge < -0.3 is 14.8 Å². The van der Waals surface area contributed by atoms with Gasteiger partial charge in [-0.05, 0) is 48.2 Å². The summed E-state index contributed by atoms with van der Waals surface area (Å²) in [6.45, 7) is 5.96. The third kappa shape index (κ3) is 4.72.